The molecule has 0 aromatic carbocycles. The van der Waals surface area contributed by atoms with Gasteiger partial charge in [-0.3, -0.25) is 4.79 Å². The smallest absolute Gasteiger partial charge is 0.331 e. The Labute approximate surface area is 241 Å². The largest absolute Gasteiger partial charge is 0.465 e. The number of oxime groups is 1. The predicted molar refractivity (Wildman–Crippen MR) is 155 cm³/mol. The van der Waals surface area contributed by atoms with Gasteiger partial charge < -0.3 is 14.4 Å². The molecule has 10 atom stereocenters. The van der Waals surface area contributed by atoms with Crippen LogP contribution in [0.3, 0.4) is 0 Å². The normalized spacial score (nSPS) is 48.7. The molecule has 0 N–H and O–H groups in total. The number of hydrogen-bond donors (Lipinski definition) is 0. The van der Waals surface area contributed by atoms with Crippen LogP contribution in [-0.2, 0) is 24.0 Å². The van der Waals surface area contributed by atoms with Crippen LogP contribution >= 0.6 is 0 Å². The van der Waals surface area contributed by atoms with Gasteiger partial charge in [-0.25, -0.2) is 4.79 Å². The fourth-order valence-corrected chi connectivity index (χ4v) is 11.7. The summed E-state index contributed by atoms with van der Waals surface area (Å²) < 4.78 is 5.69. The molecule has 5 aliphatic carbocycles. The highest BCUT2D eigenvalue weighted by atomic mass is 16.7. The van der Waals surface area contributed by atoms with Crippen molar-refractivity contribution in [1.29, 1.82) is 0 Å². The Hall–Kier alpha value is -1.98. The van der Waals surface area contributed by atoms with E-state index >= 15 is 0 Å². The number of carbonyl (C=O) groups excluding carboxylic acids is 3. The van der Waals surface area contributed by atoms with Gasteiger partial charge in [0.25, 0.3) is 0 Å². The van der Waals surface area contributed by atoms with Crippen molar-refractivity contribution in [3.05, 3.63) is 12.2 Å². The number of hydrogen-bond acceptors (Lipinski definition) is 6. The Morgan fingerprint density at radius 2 is 1.62 bits per heavy atom. The minimum Gasteiger partial charge on any atom is -0.465 e. The van der Waals surface area contributed by atoms with E-state index in [1.807, 2.05) is 0 Å². The molecule has 40 heavy (non-hydrogen) atoms. The number of rotatable bonds is 5. The number of carbonyl (C=O) groups is 3. The van der Waals surface area contributed by atoms with Gasteiger partial charge in [0.15, 0.2) is 0 Å². The second-order valence-corrected chi connectivity index (χ2v) is 15.4. The number of allylic oxidation sites excluding steroid dienone is 1. The van der Waals surface area contributed by atoms with Gasteiger partial charge in [-0.15, -0.1) is 0 Å². The first-order valence-corrected chi connectivity index (χ1v) is 15.7. The van der Waals surface area contributed by atoms with Gasteiger partial charge in [0.05, 0.1) is 5.71 Å². The highest BCUT2D eigenvalue weighted by Crippen LogP contribution is 2.77. The average molecular weight is 554 g/mol. The second kappa shape index (κ2) is 9.80. The van der Waals surface area contributed by atoms with Gasteiger partial charge in [-0.1, -0.05) is 45.0 Å². The van der Waals surface area contributed by atoms with Gasteiger partial charge in [0.2, 0.25) is 0 Å². The number of nitrogens with zero attached hydrogens (tertiary/aromatic N) is 1. The molecule has 5 saturated carbocycles. The third-order valence-corrected chi connectivity index (χ3v) is 13.8. The summed E-state index contributed by atoms with van der Waals surface area (Å²) in [5.41, 5.74) is 1.82. The van der Waals surface area contributed by atoms with Gasteiger partial charge in [-0.05, 0) is 117 Å². The van der Waals surface area contributed by atoms with Crippen LogP contribution in [0, 0.1) is 56.7 Å². The molecular weight excluding hydrogens is 502 g/mol. The molecule has 0 aliphatic heterocycles. The summed E-state index contributed by atoms with van der Waals surface area (Å²) in [6.45, 7) is 19.5. The Morgan fingerprint density at radius 3 is 2.25 bits per heavy atom. The summed E-state index contributed by atoms with van der Waals surface area (Å²) in [6, 6.07) is 0. The van der Waals surface area contributed by atoms with Crippen molar-refractivity contribution in [2.75, 3.05) is 6.61 Å². The predicted octanol–water partition coefficient (Wildman–Crippen LogP) is 7.31. The van der Waals surface area contributed by atoms with Crippen molar-refractivity contribution in [2.24, 2.45) is 61.8 Å². The Morgan fingerprint density at radius 1 is 0.900 bits per heavy atom. The van der Waals surface area contributed by atoms with Gasteiger partial charge in [0, 0.05) is 24.7 Å². The molecular formula is C34H51NO5. The van der Waals surface area contributed by atoms with Crippen LogP contribution in [0.1, 0.15) is 113 Å². The van der Waals surface area contributed by atoms with Gasteiger partial charge >= 0.3 is 11.9 Å². The summed E-state index contributed by atoms with van der Waals surface area (Å²) >= 11 is 0. The van der Waals surface area contributed by atoms with E-state index in [1.54, 1.807) is 0 Å². The fourth-order valence-electron chi connectivity index (χ4n) is 11.7. The van der Waals surface area contributed by atoms with E-state index in [0.717, 1.165) is 69.9 Å². The molecule has 0 radical (unpaired) electrons. The van der Waals surface area contributed by atoms with Crippen LogP contribution in [0.4, 0.5) is 0 Å². The maximum absolute atomic E-state index is 12.7. The van der Waals surface area contributed by atoms with Gasteiger partial charge in [0.1, 0.15) is 12.9 Å². The molecule has 0 bridgehead atoms. The molecule has 5 fully saturated rings. The molecule has 0 amide bonds. The lowest BCUT2D eigenvalue weighted by molar-refractivity contribution is -0.228. The van der Waals surface area contributed by atoms with Crippen LogP contribution in [0.5, 0.6) is 0 Å². The van der Waals surface area contributed by atoms with Crippen molar-refractivity contribution in [1.82, 2.24) is 0 Å². The van der Waals surface area contributed by atoms with E-state index in [0.29, 0.717) is 23.7 Å². The zero-order valence-corrected chi connectivity index (χ0v) is 25.9. The first-order chi connectivity index (χ1) is 18.7. The quantitative estimate of drug-likeness (QED) is 0.117. The average Bonchev–Trinajstić information content (AvgIpc) is 3.28. The minimum atomic E-state index is -0.483. The molecule has 5 aliphatic rings. The zero-order chi connectivity index (χ0) is 29.3. The van der Waals surface area contributed by atoms with E-state index in [2.05, 4.69) is 46.4 Å². The third kappa shape index (κ3) is 4.01. The van der Waals surface area contributed by atoms with Crippen molar-refractivity contribution >= 4 is 23.9 Å². The standard InChI is InChI=1S/C34H51NO5/c1-21(2)24-11-16-34(19-36)18-17-32(7)25(29(24)34)9-10-27-30(5)14-13-28(35-40-23(4)38)31(6,20-39-22(3)37)26(30)12-15-33(27,32)8/h19,24-27,29H,1,9-18,20H2,2-8H3/t24-,25+,26+,27+,29+,30-,31?,32+,33+,34+/m0/s1. The first-order valence-electron chi connectivity index (χ1n) is 15.7. The molecule has 0 aromatic heterocycles. The number of esters is 1. The third-order valence-electron chi connectivity index (χ3n) is 13.8. The van der Waals surface area contributed by atoms with Crippen molar-refractivity contribution in [3.63, 3.8) is 0 Å². The fraction of sp³-hybridized carbons (Fsp3) is 0.824. The molecule has 6 nitrogen and oxygen atoms in total. The van der Waals surface area contributed by atoms with Crippen LogP contribution in [-0.4, -0.2) is 30.5 Å². The molecule has 1 unspecified atom stereocenters. The van der Waals surface area contributed by atoms with Crippen LogP contribution < -0.4 is 0 Å². The van der Waals surface area contributed by atoms with E-state index in [-0.39, 0.29) is 40.2 Å². The highest BCUT2D eigenvalue weighted by molar-refractivity contribution is 5.91. The van der Waals surface area contributed by atoms with Crippen molar-refractivity contribution in [2.45, 2.75) is 113 Å². The molecule has 0 aromatic rings. The Kier molecular flexibility index (Phi) is 7.23. The summed E-state index contributed by atoms with van der Waals surface area (Å²) in [7, 11) is 0. The van der Waals surface area contributed by atoms with Crippen LogP contribution in [0.2, 0.25) is 0 Å². The van der Waals surface area contributed by atoms with Crippen molar-refractivity contribution in [3.8, 4) is 0 Å². The first kappa shape index (κ1) is 29.5. The van der Waals surface area contributed by atoms with Crippen LogP contribution in [0.15, 0.2) is 17.3 Å². The summed E-state index contributed by atoms with van der Waals surface area (Å²) in [5, 5.41) is 4.35. The molecule has 0 saturated heterocycles. The Bertz CT molecular complexity index is 1130. The molecule has 0 heterocycles. The van der Waals surface area contributed by atoms with E-state index in [4.69, 9.17) is 9.57 Å². The molecule has 222 valence electrons. The monoisotopic (exact) mass is 553 g/mol. The lowest BCUT2D eigenvalue weighted by Gasteiger charge is -2.72. The van der Waals surface area contributed by atoms with Crippen LogP contribution in [0.25, 0.3) is 0 Å². The molecule has 6 heteroatoms. The highest BCUT2D eigenvalue weighted by Gasteiger charge is 2.71. The lowest BCUT2D eigenvalue weighted by atomic mass is 9.32. The molecule has 0 spiro atoms. The van der Waals surface area contributed by atoms with E-state index in [1.165, 1.54) is 25.7 Å². The number of fused-ring (bicyclic) bond motifs is 7. The summed E-state index contributed by atoms with van der Waals surface area (Å²) in [6.07, 6.45) is 11.8. The van der Waals surface area contributed by atoms with E-state index in [9.17, 15) is 14.4 Å². The SMILES string of the molecule is C=C(C)[C@@H]1CC[C@]2(C=O)CC[C@]3(C)[C@H](CC[C@@H]4[C@@]5(C)CCC(=NOC(C)=O)C(C)(COC(C)=O)[C@@H]5CC[C@]43C)[C@@H]12. The maximum Gasteiger partial charge on any atom is 0.331 e. The summed E-state index contributed by atoms with van der Waals surface area (Å²) in [4.78, 5) is 41.5. The lowest BCUT2D eigenvalue weighted by Crippen LogP contribution is -2.67. The second-order valence-electron chi connectivity index (χ2n) is 15.4. The number of ether oxygens (including phenoxy) is 1. The van der Waals surface area contributed by atoms with Gasteiger partial charge in [-0.2, -0.15) is 0 Å². The maximum atomic E-state index is 12.7. The van der Waals surface area contributed by atoms with E-state index < -0.39 is 11.4 Å². The topological polar surface area (TPSA) is 82.0 Å². The zero-order valence-electron chi connectivity index (χ0n) is 25.9. The molecule has 5 rings (SSSR count). The summed E-state index contributed by atoms with van der Waals surface area (Å²) in [5.74, 6) is 1.47. The minimum absolute atomic E-state index is 0.0494. The Balaban J connectivity index is 1.53. The van der Waals surface area contributed by atoms with Crippen molar-refractivity contribution < 1.29 is 24.0 Å². The number of aldehydes is 1.